The molecule has 1 amide bonds. The van der Waals surface area contributed by atoms with Crippen LogP contribution in [0.5, 0.6) is 0 Å². The first-order valence-corrected chi connectivity index (χ1v) is 9.55. The van der Waals surface area contributed by atoms with Crippen LogP contribution in [0.4, 0.5) is 0 Å². The van der Waals surface area contributed by atoms with Gasteiger partial charge < -0.3 is 4.90 Å². The van der Waals surface area contributed by atoms with Crippen LogP contribution in [0.25, 0.3) is 11.3 Å². The number of rotatable bonds is 2. The Morgan fingerprint density at radius 2 is 2.09 bits per heavy atom. The van der Waals surface area contributed by atoms with Gasteiger partial charge in [-0.25, -0.2) is 0 Å². The van der Waals surface area contributed by atoms with Gasteiger partial charge in [-0.3, -0.25) is 9.48 Å². The molecule has 0 aromatic carbocycles. The first-order valence-electron chi connectivity index (χ1n) is 8.61. The predicted molar refractivity (Wildman–Crippen MR) is 92.5 cm³/mol. The summed E-state index contributed by atoms with van der Waals surface area (Å²) in [5.74, 6) is 0.888. The molecule has 2 atom stereocenters. The summed E-state index contributed by atoms with van der Waals surface area (Å²) >= 11 is 1.65. The lowest BCUT2D eigenvalue weighted by Crippen LogP contribution is -2.49. The van der Waals surface area contributed by atoms with E-state index in [-0.39, 0.29) is 5.91 Å². The molecule has 2 aromatic heterocycles. The van der Waals surface area contributed by atoms with Crippen LogP contribution in [0, 0.1) is 5.92 Å². The number of aromatic nitrogens is 2. The minimum Gasteiger partial charge on any atom is -0.335 e. The van der Waals surface area contributed by atoms with E-state index >= 15 is 0 Å². The molecule has 2 aliphatic rings. The maximum Gasteiger partial charge on any atom is 0.257 e. The molecule has 3 heterocycles. The summed E-state index contributed by atoms with van der Waals surface area (Å²) in [7, 11) is 1.92. The molecule has 1 saturated heterocycles. The van der Waals surface area contributed by atoms with E-state index in [0.29, 0.717) is 12.0 Å². The Morgan fingerprint density at radius 1 is 1.26 bits per heavy atom. The van der Waals surface area contributed by atoms with E-state index in [0.717, 1.165) is 29.8 Å². The third kappa shape index (κ3) is 2.61. The van der Waals surface area contributed by atoms with Gasteiger partial charge in [0, 0.05) is 30.6 Å². The van der Waals surface area contributed by atoms with Gasteiger partial charge in [-0.1, -0.05) is 12.8 Å². The number of hydrogen-bond acceptors (Lipinski definition) is 3. The van der Waals surface area contributed by atoms with Gasteiger partial charge in [-0.15, -0.1) is 0 Å². The van der Waals surface area contributed by atoms with E-state index < -0.39 is 0 Å². The second-order valence-electron chi connectivity index (χ2n) is 6.80. The largest absolute Gasteiger partial charge is 0.335 e. The maximum atomic E-state index is 13.3. The van der Waals surface area contributed by atoms with Gasteiger partial charge in [0.1, 0.15) is 0 Å². The lowest BCUT2D eigenvalue weighted by molar-refractivity contribution is 0.0391. The highest BCUT2D eigenvalue weighted by molar-refractivity contribution is 7.08. The number of carbonyl (C=O) groups is 1. The van der Waals surface area contributed by atoms with E-state index in [4.69, 9.17) is 0 Å². The molecule has 5 heteroatoms. The lowest BCUT2D eigenvalue weighted by atomic mass is 9.78. The van der Waals surface area contributed by atoms with Crippen molar-refractivity contribution in [3.63, 3.8) is 0 Å². The van der Waals surface area contributed by atoms with Gasteiger partial charge in [-0.05, 0) is 43.0 Å². The van der Waals surface area contributed by atoms with Gasteiger partial charge in [-0.2, -0.15) is 16.4 Å². The van der Waals surface area contributed by atoms with Crippen molar-refractivity contribution in [3.8, 4) is 11.3 Å². The molecule has 0 spiro atoms. The molecule has 0 N–H and O–H groups in total. The fourth-order valence-corrected chi connectivity index (χ4v) is 5.01. The molecule has 0 radical (unpaired) electrons. The van der Waals surface area contributed by atoms with E-state index in [1.807, 2.05) is 11.7 Å². The first-order chi connectivity index (χ1) is 11.3. The molecular formula is C18H23N3OS. The van der Waals surface area contributed by atoms with E-state index in [1.54, 1.807) is 17.5 Å². The number of fused-ring (bicyclic) bond motifs is 1. The minimum absolute atomic E-state index is 0.177. The highest BCUT2D eigenvalue weighted by Gasteiger charge is 2.37. The Bertz CT molecular complexity index is 689. The zero-order valence-corrected chi connectivity index (χ0v) is 14.4. The molecule has 1 saturated carbocycles. The van der Waals surface area contributed by atoms with Crippen molar-refractivity contribution >= 4 is 17.2 Å². The molecule has 122 valence electrons. The SMILES string of the molecule is Cn1ncc(C(=O)N2CCCC3CCCCC32)c1-c1ccsc1. The molecule has 23 heavy (non-hydrogen) atoms. The topological polar surface area (TPSA) is 38.1 Å². The number of hydrogen-bond donors (Lipinski definition) is 0. The number of piperidine rings is 1. The average Bonchev–Trinajstić information content (AvgIpc) is 3.23. The zero-order valence-electron chi connectivity index (χ0n) is 13.6. The van der Waals surface area contributed by atoms with Crippen LogP contribution in [0.2, 0.25) is 0 Å². The van der Waals surface area contributed by atoms with Crippen LogP contribution in [0.15, 0.2) is 23.0 Å². The maximum absolute atomic E-state index is 13.3. The van der Waals surface area contributed by atoms with Crippen LogP contribution in [-0.4, -0.2) is 33.2 Å². The summed E-state index contributed by atoms with van der Waals surface area (Å²) in [6, 6.07) is 2.51. The molecule has 1 aliphatic carbocycles. The standard InChI is InChI=1S/C18H23N3OS/c1-20-17(14-8-10-23-12-14)15(11-19-20)18(22)21-9-4-6-13-5-2-3-7-16(13)21/h8,10-13,16H,2-7,9H2,1H3. The summed E-state index contributed by atoms with van der Waals surface area (Å²) < 4.78 is 1.83. The smallest absolute Gasteiger partial charge is 0.257 e. The molecule has 4 rings (SSSR count). The number of amides is 1. The third-order valence-corrected chi connectivity index (χ3v) is 6.15. The van der Waals surface area contributed by atoms with E-state index in [2.05, 4.69) is 26.8 Å². The fourth-order valence-electron chi connectivity index (χ4n) is 4.37. The number of thiophene rings is 1. The molecule has 1 aliphatic heterocycles. The van der Waals surface area contributed by atoms with E-state index in [1.165, 1.54) is 32.1 Å². The van der Waals surface area contributed by atoms with Gasteiger partial charge in [0.25, 0.3) is 5.91 Å². The van der Waals surface area contributed by atoms with Crippen molar-refractivity contribution in [1.82, 2.24) is 14.7 Å². The molecule has 4 nitrogen and oxygen atoms in total. The second-order valence-corrected chi connectivity index (χ2v) is 7.58. The van der Waals surface area contributed by atoms with Crippen molar-refractivity contribution in [1.29, 1.82) is 0 Å². The number of nitrogens with zero attached hydrogens (tertiary/aromatic N) is 3. The highest BCUT2D eigenvalue weighted by Crippen LogP contribution is 2.37. The third-order valence-electron chi connectivity index (χ3n) is 5.47. The highest BCUT2D eigenvalue weighted by atomic mass is 32.1. The van der Waals surface area contributed by atoms with Crippen molar-refractivity contribution in [2.75, 3.05) is 6.54 Å². The van der Waals surface area contributed by atoms with E-state index in [9.17, 15) is 4.79 Å². The summed E-state index contributed by atoms with van der Waals surface area (Å²) in [4.78, 5) is 15.4. The number of carbonyl (C=O) groups excluding carboxylic acids is 1. The van der Waals surface area contributed by atoms with Gasteiger partial charge in [0.05, 0.1) is 17.5 Å². The van der Waals surface area contributed by atoms with Crippen LogP contribution in [0.1, 0.15) is 48.9 Å². The first kappa shape index (κ1) is 14.9. The second kappa shape index (κ2) is 6.11. The summed E-state index contributed by atoms with van der Waals surface area (Å²) in [6.07, 6.45) is 9.23. The van der Waals surface area contributed by atoms with Crippen LogP contribution in [0.3, 0.4) is 0 Å². The molecule has 2 unspecified atom stereocenters. The Labute approximate surface area is 141 Å². The van der Waals surface area contributed by atoms with Crippen molar-refractivity contribution in [2.24, 2.45) is 13.0 Å². The lowest BCUT2D eigenvalue weighted by Gasteiger charge is -2.44. The monoisotopic (exact) mass is 329 g/mol. The Kier molecular flexibility index (Phi) is 3.97. The average molecular weight is 329 g/mol. The fraction of sp³-hybridized carbons (Fsp3) is 0.556. The molecule has 2 aromatic rings. The molecule has 0 bridgehead atoms. The Morgan fingerprint density at radius 3 is 2.91 bits per heavy atom. The summed E-state index contributed by atoms with van der Waals surface area (Å²) in [5, 5.41) is 8.51. The summed E-state index contributed by atoms with van der Waals surface area (Å²) in [5.41, 5.74) is 2.81. The normalized spacial score (nSPS) is 24.5. The number of aryl methyl sites for hydroxylation is 1. The van der Waals surface area contributed by atoms with Gasteiger partial charge in [0.2, 0.25) is 0 Å². The van der Waals surface area contributed by atoms with Crippen LogP contribution < -0.4 is 0 Å². The Hall–Kier alpha value is -1.62. The zero-order chi connectivity index (χ0) is 15.8. The quantitative estimate of drug-likeness (QED) is 0.837. The van der Waals surface area contributed by atoms with Crippen LogP contribution >= 0.6 is 11.3 Å². The van der Waals surface area contributed by atoms with Crippen molar-refractivity contribution in [3.05, 3.63) is 28.6 Å². The van der Waals surface area contributed by atoms with Crippen LogP contribution in [-0.2, 0) is 7.05 Å². The predicted octanol–water partition coefficient (Wildman–Crippen LogP) is 3.94. The molecular weight excluding hydrogens is 306 g/mol. The minimum atomic E-state index is 0.177. The van der Waals surface area contributed by atoms with Gasteiger partial charge >= 0.3 is 0 Å². The summed E-state index contributed by atoms with van der Waals surface area (Å²) in [6.45, 7) is 0.901. The number of likely N-dealkylation sites (tertiary alicyclic amines) is 1. The Balaban J connectivity index is 1.67. The van der Waals surface area contributed by atoms with Gasteiger partial charge in [0.15, 0.2) is 0 Å². The molecule has 2 fully saturated rings. The van der Waals surface area contributed by atoms with Crippen molar-refractivity contribution < 1.29 is 4.79 Å². The van der Waals surface area contributed by atoms with Crippen molar-refractivity contribution in [2.45, 2.75) is 44.6 Å².